The zero-order valence-corrected chi connectivity index (χ0v) is 11.9. The van der Waals surface area contributed by atoms with Gasteiger partial charge in [-0.15, -0.1) is 12.4 Å². The second-order valence-corrected chi connectivity index (χ2v) is 4.64. The van der Waals surface area contributed by atoms with Crippen molar-refractivity contribution >= 4 is 18.3 Å². The van der Waals surface area contributed by atoms with E-state index < -0.39 is 0 Å². The summed E-state index contributed by atoms with van der Waals surface area (Å²) in [5.41, 5.74) is 3.23. The Hall–Kier alpha value is -1.07. The molecule has 1 saturated heterocycles. The van der Waals surface area contributed by atoms with Crippen LogP contribution in [-0.2, 0) is 18.4 Å². The lowest BCUT2D eigenvalue weighted by Gasteiger charge is -2.11. The Balaban J connectivity index is 0.00000162. The van der Waals surface area contributed by atoms with E-state index >= 15 is 0 Å². The van der Waals surface area contributed by atoms with Gasteiger partial charge in [0.25, 0.3) is 0 Å². The minimum atomic E-state index is -0.00714. The Bertz CT molecular complexity index is 424. The summed E-state index contributed by atoms with van der Waals surface area (Å²) in [5.74, 6) is 0.102. The quantitative estimate of drug-likeness (QED) is 0.857. The largest absolute Gasteiger partial charge is 0.351 e. The first-order chi connectivity index (χ1) is 8.09. The normalized spacial score (nSPS) is 18.5. The second kappa shape index (κ2) is 6.20. The van der Waals surface area contributed by atoms with Crippen LogP contribution in [0.5, 0.6) is 0 Å². The Morgan fingerprint density at radius 2 is 2.28 bits per heavy atom. The topological polar surface area (TPSA) is 59.0 Å². The number of carbonyl (C=O) groups is 1. The molecule has 0 saturated carbocycles. The summed E-state index contributed by atoms with van der Waals surface area (Å²) in [7, 11) is 1.92. The monoisotopic (exact) mass is 272 g/mol. The van der Waals surface area contributed by atoms with Gasteiger partial charge in [-0.3, -0.25) is 9.48 Å². The van der Waals surface area contributed by atoms with Gasteiger partial charge >= 0.3 is 0 Å². The minimum Gasteiger partial charge on any atom is -0.351 e. The number of nitrogens with one attached hydrogen (secondary N) is 2. The number of halogens is 1. The van der Waals surface area contributed by atoms with Crippen molar-refractivity contribution in [3.8, 4) is 0 Å². The maximum absolute atomic E-state index is 11.8. The first-order valence-electron chi connectivity index (χ1n) is 6.09. The lowest BCUT2D eigenvalue weighted by Crippen LogP contribution is -2.40. The van der Waals surface area contributed by atoms with Crippen LogP contribution in [0.2, 0.25) is 0 Å². The number of aryl methyl sites for hydroxylation is 2. The van der Waals surface area contributed by atoms with E-state index in [1.807, 2.05) is 25.6 Å². The van der Waals surface area contributed by atoms with E-state index in [1.54, 1.807) is 0 Å². The number of nitrogens with zero attached hydrogens (tertiary/aromatic N) is 2. The molecule has 2 rings (SSSR count). The number of hydrogen-bond acceptors (Lipinski definition) is 3. The molecule has 1 atom stereocenters. The molecule has 2 N–H and O–H groups in total. The third-order valence-electron chi connectivity index (χ3n) is 3.48. The van der Waals surface area contributed by atoms with Crippen molar-refractivity contribution in [2.24, 2.45) is 7.05 Å². The van der Waals surface area contributed by atoms with E-state index in [9.17, 15) is 4.79 Å². The molecule has 1 aliphatic heterocycles. The number of rotatable bonds is 3. The van der Waals surface area contributed by atoms with Crippen LogP contribution in [0.25, 0.3) is 0 Å². The second-order valence-electron chi connectivity index (χ2n) is 4.64. The average molecular weight is 273 g/mol. The van der Waals surface area contributed by atoms with Crippen LogP contribution in [-0.4, -0.2) is 28.3 Å². The molecule has 0 aliphatic carbocycles. The van der Waals surface area contributed by atoms with Crippen LogP contribution in [0, 0.1) is 13.8 Å². The molecule has 1 unspecified atom stereocenters. The van der Waals surface area contributed by atoms with E-state index in [1.165, 1.54) is 0 Å². The molecule has 1 fully saturated rings. The molecule has 1 amide bonds. The molecule has 6 heteroatoms. The molecule has 0 aromatic carbocycles. The Morgan fingerprint density at radius 3 is 2.78 bits per heavy atom. The van der Waals surface area contributed by atoms with Gasteiger partial charge in [0.2, 0.25) is 5.91 Å². The van der Waals surface area contributed by atoms with Crippen LogP contribution in [0.4, 0.5) is 0 Å². The fourth-order valence-corrected chi connectivity index (χ4v) is 2.28. The van der Waals surface area contributed by atoms with Gasteiger partial charge in [0, 0.05) is 24.8 Å². The van der Waals surface area contributed by atoms with Gasteiger partial charge in [-0.1, -0.05) is 0 Å². The Kier molecular flexibility index (Phi) is 5.16. The number of aromatic nitrogens is 2. The van der Waals surface area contributed by atoms with Gasteiger partial charge in [0.05, 0.1) is 11.7 Å². The molecule has 1 aromatic rings. The van der Waals surface area contributed by atoms with Gasteiger partial charge in [-0.05, 0) is 33.2 Å². The highest BCUT2D eigenvalue weighted by Gasteiger charge is 2.22. The number of hydrogen-bond donors (Lipinski definition) is 2. The third kappa shape index (κ3) is 3.03. The zero-order valence-electron chi connectivity index (χ0n) is 11.1. The first kappa shape index (κ1) is 15.0. The maximum atomic E-state index is 11.8. The predicted octanol–water partition coefficient (Wildman–Crippen LogP) is 0.827. The van der Waals surface area contributed by atoms with Crippen LogP contribution < -0.4 is 10.6 Å². The summed E-state index contributed by atoms with van der Waals surface area (Å²) < 4.78 is 1.85. The predicted molar refractivity (Wildman–Crippen MR) is 72.8 cm³/mol. The van der Waals surface area contributed by atoms with E-state index in [2.05, 4.69) is 15.7 Å². The van der Waals surface area contributed by atoms with E-state index in [-0.39, 0.29) is 24.4 Å². The SMILES string of the molecule is Cc1nn(C)c(C)c1CNC(=O)C1CCCN1.Cl. The highest BCUT2D eigenvalue weighted by molar-refractivity contribution is 5.85. The molecule has 1 aliphatic rings. The molecule has 102 valence electrons. The molecule has 1 aromatic heterocycles. The van der Waals surface area contributed by atoms with Crippen LogP contribution >= 0.6 is 12.4 Å². The fourth-order valence-electron chi connectivity index (χ4n) is 2.28. The first-order valence-corrected chi connectivity index (χ1v) is 6.09. The average Bonchev–Trinajstić information content (AvgIpc) is 2.88. The lowest BCUT2D eigenvalue weighted by molar-refractivity contribution is -0.122. The highest BCUT2D eigenvalue weighted by atomic mass is 35.5. The Morgan fingerprint density at radius 1 is 1.56 bits per heavy atom. The third-order valence-corrected chi connectivity index (χ3v) is 3.48. The van der Waals surface area contributed by atoms with Crippen molar-refractivity contribution in [2.75, 3.05) is 6.54 Å². The molecule has 18 heavy (non-hydrogen) atoms. The van der Waals surface area contributed by atoms with Crippen LogP contribution in [0.1, 0.15) is 29.8 Å². The lowest BCUT2D eigenvalue weighted by atomic mass is 10.2. The minimum absolute atomic E-state index is 0. The van der Waals surface area contributed by atoms with Crippen molar-refractivity contribution in [1.29, 1.82) is 0 Å². The molecule has 0 spiro atoms. The van der Waals surface area contributed by atoms with Gasteiger partial charge < -0.3 is 10.6 Å². The summed E-state index contributed by atoms with van der Waals surface area (Å²) in [6, 6.07) is -0.00714. The summed E-state index contributed by atoms with van der Waals surface area (Å²) in [4.78, 5) is 11.8. The maximum Gasteiger partial charge on any atom is 0.237 e. The molecule has 0 radical (unpaired) electrons. The number of amides is 1. The smallest absolute Gasteiger partial charge is 0.237 e. The van der Waals surface area contributed by atoms with E-state index in [4.69, 9.17) is 0 Å². The zero-order chi connectivity index (χ0) is 12.4. The van der Waals surface area contributed by atoms with E-state index in [0.29, 0.717) is 6.54 Å². The summed E-state index contributed by atoms with van der Waals surface area (Å²) >= 11 is 0. The van der Waals surface area contributed by atoms with Crippen LogP contribution in [0.15, 0.2) is 0 Å². The molecule has 0 bridgehead atoms. The van der Waals surface area contributed by atoms with Gasteiger partial charge in [-0.25, -0.2) is 0 Å². The number of carbonyl (C=O) groups excluding carboxylic acids is 1. The fraction of sp³-hybridized carbons (Fsp3) is 0.667. The van der Waals surface area contributed by atoms with Crippen molar-refractivity contribution in [3.05, 3.63) is 17.0 Å². The van der Waals surface area contributed by atoms with E-state index in [0.717, 1.165) is 36.3 Å². The van der Waals surface area contributed by atoms with Gasteiger partial charge in [0.1, 0.15) is 0 Å². The van der Waals surface area contributed by atoms with Crippen molar-refractivity contribution in [2.45, 2.75) is 39.3 Å². The van der Waals surface area contributed by atoms with Gasteiger partial charge in [-0.2, -0.15) is 5.10 Å². The van der Waals surface area contributed by atoms with Crippen molar-refractivity contribution < 1.29 is 4.79 Å². The molecule has 2 heterocycles. The molecular weight excluding hydrogens is 252 g/mol. The summed E-state index contributed by atoms with van der Waals surface area (Å²) in [5, 5.41) is 10.5. The standard InChI is InChI=1S/C12H20N4O.ClH/c1-8-10(9(2)16(3)15-8)7-14-12(17)11-5-4-6-13-11;/h11,13H,4-7H2,1-3H3,(H,14,17);1H. The summed E-state index contributed by atoms with van der Waals surface area (Å²) in [6.45, 7) is 5.52. The molecule has 5 nitrogen and oxygen atoms in total. The highest BCUT2D eigenvalue weighted by Crippen LogP contribution is 2.12. The molecular formula is C12H21ClN4O. The summed E-state index contributed by atoms with van der Waals surface area (Å²) in [6.07, 6.45) is 2.03. The van der Waals surface area contributed by atoms with Gasteiger partial charge in [0.15, 0.2) is 0 Å². The van der Waals surface area contributed by atoms with Crippen molar-refractivity contribution in [1.82, 2.24) is 20.4 Å². The van der Waals surface area contributed by atoms with Crippen molar-refractivity contribution in [3.63, 3.8) is 0 Å². The Labute approximate surface area is 114 Å². The van der Waals surface area contributed by atoms with Crippen LogP contribution in [0.3, 0.4) is 0 Å².